The molecule has 0 fully saturated rings. The number of pyridine rings is 1. The molecule has 5 heteroatoms. The van der Waals surface area contributed by atoms with E-state index in [9.17, 15) is 0 Å². The van der Waals surface area contributed by atoms with Crippen molar-refractivity contribution >= 4 is 33.0 Å². The SMILES string of the molecule is CC(N)Cc1nc(Cl)c2ccc(Br)cn12. The van der Waals surface area contributed by atoms with Crippen molar-refractivity contribution in [2.75, 3.05) is 0 Å². The zero-order valence-electron chi connectivity index (χ0n) is 8.24. The minimum Gasteiger partial charge on any atom is -0.328 e. The lowest BCUT2D eigenvalue weighted by Gasteiger charge is -2.04. The van der Waals surface area contributed by atoms with Crippen LogP contribution in [0, 0.1) is 0 Å². The molecule has 3 nitrogen and oxygen atoms in total. The van der Waals surface area contributed by atoms with Crippen molar-refractivity contribution in [2.24, 2.45) is 5.73 Å². The lowest BCUT2D eigenvalue weighted by atomic mass is 10.2. The number of nitrogens with two attached hydrogens (primary N) is 1. The van der Waals surface area contributed by atoms with Crippen LogP contribution in [-0.2, 0) is 6.42 Å². The molecule has 0 spiro atoms. The first-order chi connectivity index (χ1) is 7.08. The highest BCUT2D eigenvalue weighted by Gasteiger charge is 2.10. The van der Waals surface area contributed by atoms with E-state index in [4.69, 9.17) is 17.3 Å². The second kappa shape index (κ2) is 4.12. The van der Waals surface area contributed by atoms with Gasteiger partial charge in [0.1, 0.15) is 5.82 Å². The Bertz CT molecular complexity index is 493. The maximum atomic E-state index is 6.03. The van der Waals surface area contributed by atoms with E-state index < -0.39 is 0 Å². The topological polar surface area (TPSA) is 43.3 Å². The molecule has 15 heavy (non-hydrogen) atoms. The molecule has 0 saturated heterocycles. The molecule has 0 aromatic carbocycles. The van der Waals surface area contributed by atoms with Gasteiger partial charge in [-0.25, -0.2) is 4.98 Å². The molecule has 0 radical (unpaired) electrons. The Kier molecular flexibility index (Phi) is 3.00. The highest BCUT2D eigenvalue weighted by molar-refractivity contribution is 9.10. The van der Waals surface area contributed by atoms with Crippen LogP contribution in [0.3, 0.4) is 0 Å². The molecule has 0 aliphatic heterocycles. The number of hydrogen-bond acceptors (Lipinski definition) is 2. The van der Waals surface area contributed by atoms with E-state index in [0.29, 0.717) is 11.6 Å². The normalized spacial score (nSPS) is 13.3. The van der Waals surface area contributed by atoms with Gasteiger partial charge in [0.15, 0.2) is 5.15 Å². The third-order valence-corrected chi connectivity index (χ3v) is 2.88. The number of fused-ring (bicyclic) bond motifs is 1. The molecule has 1 unspecified atom stereocenters. The van der Waals surface area contributed by atoms with Gasteiger partial charge >= 0.3 is 0 Å². The van der Waals surface area contributed by atoms with Gasteiger partial charge in [-0.2, -0.15) is 0 Å². The van der Waals surface area contributed by atoms with Gasteiger partial charge in [0.2, 0.25) is 0 Å². The summed E-state index contributed by atoms with van der Waals surface area (Å²) in [6.45, 7) is 1.95. The molecular weight excluding hydrogens is 277 g/mol. The second-order valence-corrected chi connectivity index (χ2v) is 4.88. The minimum atomic E-state index is 0.0747. The average molecular weight is 289 g/mol. The fraction of sp³-hybridized carbons (Fsp3) is 0.300. The first-order valence-electron chi connectivity index (χ1n) is 4.65. The van der Waals surface area contributed by atoms with Crippen molar-refractivity contribution in [3.63, 3.8) is 0 Å². The van der Waals surface area contributed by atoms with Crippen molar-refractivity contribution in [1.82, 2.24) is 9.38 Å². The predicted octanol–water partition coefficient (Wildman–Crippen LogP) is 2.64. The predicted molar refractivity (Wildman–Crippen MR) is 65.3 cm³/mol. The Balaban J connectivity index is 2.59. The van der Waals surface area contributed by atoms with Gasteiger partial charge in [-0.05, 0) is 35.0 Å². The summed E-state index contributed by atoms with van der Waals surface area (Å²) in [4.78, 5) is 4.30. The average Bonchev–Trinajstić information content (AvgIpc) is 2.42. The van der Waals surface area contributed by atoms with Gasteiger partial charge in [0.05, 0.1) is 5.52 Å². The molecule has 0 saturated carbocycles. The highest BCUT2D eigenvalue weighted by atomic mass is 79.9. The van der Waals surface area contributed by atoms with Crippen LogP contribution in [0.5, 0.6) is 0 Å². The fourth-order valence-corrected chi connectivity index (χ4v) is 2.10. The molecule has 2 aromatic heterocycles. The number of hydrogen-bond donors (Lipinski definition) is 1. The van der Waals surface area contributed by atoms with Gasteiger partial charge < -0.3 is 10.1 Å². The first-order valence-corrected chi connectivity index (χ1v) is 5.82. The molecule has 80 valence electrons. The van der Waals surface area contributed by atoms with Crippen LogP contribution in [-0.4, -0.2) is 15.4 Å². The van der Waals surface area contributed by atoms with Gasteiger partial charge in [-0.3, -0.25) is 0 Å². The number of rotatable bonds is 2. The van der Waals surface area contributed by atoms with Gasteiger partial charge in [-0.15, -0.1) is 0 Å². The van der Waals surface area contributed by atoms with Gasteiger partial charge in [-0.1, -0.05) is 11.6 Å². The molecule has 0 aliphatic rings. The monoisotopic (exact) mass is 287 g/mol. The number of halogens is 2. The maximum Gasteiger partial charge on any atom is 0.155 e. The van der Waals surface area contributed by atoms with Gasteiger partial charge in [0.25, 0.3) is 0 Å². The number of aromatic nitrogens is 2. The summed E-state index contributed by atoms with van der Waals surface area (Å²) in [7, 11) is 0. The molecule has 1 atom stereocenters. The minimum absolute atomic E-state index is 0.0747. The molecule has 0 bridgehead atoms. The van der Waals surface area contributed by atoms with Crippen molar-refractivity contribution in [1.29, 1.82) is 0 Å². The summed E-state index contributed by atoms with van der Waals surface area (Å²) in [5.74, 6) is 0.895. The lowest BCUT2D eigenvalue weighted by Crippen LogP contribution is -2.19. The summed E-state index contributed by atoms with van der Waals surface area (Å²) in [5, 5.41) is 0.526. The molecule has 2 heterocycles. The standard InChI is InChI=1S/C10H11BrClN3/c1-6(13)4-9-14-10(12)8-3-2-7(11)5-15(8)9/h2-3,5-6H,4,13H2,1H3. The van der Waals surface area contributed by atoms with Crippen molar-refractivity contribution in [2.45, 2.75) is 19.4 Å². The van der Waals surface area contributed by atoms with Crippen LogP contribution in [0.15, 0.2) is 22.8 Å². The number of imidazole rings is 1. The van der Waals surface area contributed by atoms with Crippen LogP contribution in [0.4, 0.5) is 0 Å². The van der Waals surface area contributed by atoms with E-state index in [1.54, 1.807) is 0 Å². The summed E-state index contributed by atoms with van der Waals surface area (Å²) in [6, 6.07) is 3.95. The van der Waals surface area contributed by atoms with Crippen molar-refractivity contribution in [3.05, 3.63) is 33.8 Å². The van der Waals surface area contributed by atoms with E-state index in [0.717, 1.165) is 15.8 Å². The molecule has 2 N–H and O–H groups in total. The first kappa shape index (κ1) is 10.9. The van der Waals surface area contributed by atoms with Crippen molar-refractivity contribution in [3.8, 4) is 0 Å². The quantitative estimate of drug-likeness (QED) is 0.923. The summed E-state index contributed by atoms with van der Waals surface area (Å²) >= 11 is 9.44. The number of nitrogens with zero attached hydrogens (tertiary/aromatic N) is 2. The van der Waals surface area contributed by atoms with Crippen LogP contribution in [0.1, 0.15) is 12.7 Å². The largest absolute Gasteiger partial charge is 0.328 e. The lowest BCUT2D eigenvalue weighted by molar-refractivity contribution is 0.699. The molecule has 0 amide bonds. The van der Waals surface area contributed by atoms with E-state index in [2.05, 4.69) is 20.9 Å². The van der Waals surface area contributed by atoms with Crippen LogP contribution in [0.25, 0.3) is 5.52 Å². The Morgan fingerprint density at radius 1 is 1.60 bits per heavy atom. The molecular formula is C10H11BrClN3. The molecule has 0 aliphatic carbocycles. The van der Waals surface area contributed by atoms with E-state index in [-0.39, 0.29) is 6.04 Å². The van der Waals surface area contributed by atoms with E-state index in [1.165, 1.54) is 0 Å². The van der Waals surface area contributed by atoms with Crippen LogP contribution >= 0.6 is 27.5 Å². The van der Waals surface area contributed by atoms with Crippen LogP contribution in [0.2, 0.25) is 5.15 Å². The summed E-state index contributed by atoms with van der Waals surface area (Å²) in [5.41, 5.74) is 6.67. The van der Waals surface area contributed by atoms with E-state index >= 15 is 0 Å². The summed E-state index contributed by atoms with van der Waals surface area (Å²) < 4.78 is 2.96. The van der Waals surface area contributed by atoms with Crippen molar-refractivity contribution < 1.29 is 0 Å². The Morgan fingerprint density at radius 3 is 3.00 bits per heavy atom. The molecule has 2 rings (SSSR count). The Hall–Kier alpha value is -0.580. The second-order valence-electron chi connectivity index (χ2n) is 3.60. The van der Waals surface area contributed by atoms with Gasteiger partial charge in [0, 0.05) is 23.1 Å². The zero-order chi connectivity index (χ0) is 11.0. The third-order valence-electron chi connectivity index (χ3n) is 2.13. The maximum absolute atomic E-state index is 6.03. The Morgan fingerprint density at radius 2 is 2.33 bits per heavy atom. The highest BCUT2D eigenvalue weighted by Crippen LogP contribution is 2.21. The fourth-order valence-electron chi connectivity index (χ4n) is 1.51. The smallest absolute Gasteiger partial charge is 0.155 e. The third kappa shape index (κ3) is 2.17. The zero-order valence-corrected chi connectivity index (χ0v) is 10.6. The van der Waals surface area contributed by atoms with E-state index in [1.807, 2.05) is 29.7 Å². The summed E-state index contributed by atoms with van der Waals surface area (Å²) in [6.07, 6.45) is 2.66. The molecule has 2 aromatic rings. The van der Waals surface area contributed by atoms with Crippen LogP contribution < -0.4 is 5.73 Å². The Labute approximate surface area is 101 Å².